The van der Waals surface area contributed by atoms with Gasteiger partial charge in [-0.1, -0.05) is 18.2 Å². The lowest BCUT2D eigenvalue weighted by Gasteiger charge is -2.24. The summed E-state index contributed by atoms with van der Waals surface area (Å²) in [5.74, 6) is 6.04. The largest absolute Gasteiger partial charge is 0.493 e. The highest BCUT2D eigenvalue weighted by atomic mass is 19.1. The van der Waals surface area contributed by atoms with Gasteiger partial charge >= 0.3 is 0 Å². The van der Waals surface area contributed by atoms with E-state index in [0.717, 1.165) is 29.7 Å². The van der Waals surface area contributed by atoms with Crippen molar-refractivity contribution in [3.05, 3.63) is 59.2 Å². The molecule has 1 unspecified atom stereocenters. The van der Waals surface area contributed by atoms with Gasteiger partial charge in [-0.3, -0.25) is 10.8 Å². The van der Waals surface area contributed by atoms with Gasteiger partial charge in [0, 0.05) is 11.8 Å². The molecule has 0 saturated heterocycles. The monoisotopic (exact) mass is 273 g/mol. The molecule has 0 radical (unpaired) electrons. The second-order valence-electron chi connectivity index (χ2n) is 4.76. The van der Waals surface area contributed by atoms with Gasteiger partial charge in [0.05, 0.1) is 18.3 Å². The number of aryl methyl sites for hydroxylation is 1. The van der Waals surface area contributed by atoms with Gasteiger partial charge in [0.15, 0.2) is 0 Å². The van der Waals surface area contributed by atoms with Crippen LogP contribution >= 0.6 is 0 Å². The summed E-state index contributed by atoms with van der Waals surface area (Å²) in [6, 6.07) is 8.27. The lowest BCUT2D eigenvalue weighted by atomic mass is 9.96. The molecule has 20 heavy (non-hydrogen) atoms. The predicted octanol–water partition coefficient (Wildman–Crippen LogP) is 2.10. The maximum absolute atomic E-state index is 13.9. The third-order valence-corrected chi connectivity index (χ3v) is 3.50. The molecular formula is C15H16FN3O. The lowest BCUT2D eigenvalue weighted by Crippen LogP contribution is -2.31. The predicted molar refractivity (Wildman–Crippen MR) is 73.6 cm³/mol. The summed E-state index contributed by atoms with van der Waals surface area (Å²) in [6.45, 7) is 0.673. The number of fused-ring (bicyclic) bond motifs is 1. The first-order valence-corrected chi connectivity index (χ1v) is 6.62. The molecule has 3 rings (SSSR count). The Morgan fingerprint density at radius 1 is 1.30 bits per heavy atom. The average molecular weight is 273 g/mol. The van der Waals surface area contributed by atoms with E-state index in [1.54, 1.807) is 12.3 Å². The Bertz CT molecular complexity index is 618. The smallest absolute Gasteiger partial charge is 0.146 e. The highest BCUT2D eigenvalue weighted by Crippen LogP contribution is 2.35. The van der Waals surface area contributed by atoms with Crippen LogP contribution in [0.1, 0.15) is 29.3 Å². The van der Waals surface area contributed by atoms with Crippen LogP contribution in [0.15, 0.2) is 36.5 Å². The van der Waals surface area contributed by atoms with Gasteiger partial charge < -0.3 is 4.74 Å². The number of nitrogens with two attached hydrogens (primary N) is 1. The summed E-state index contributed by atoms with van der Waals surface area (Å²) in [4.78, 5) is 4.10. The maximum Gasteiger partial charge on any atom is 0.146 e. The fourth-order valence-corrected chi connectivity index (χ4v) is 2.57. The van der Waals surface area contributed by atoms with Crippen molar-refractivity contribution in [2.45, 2.75) is 18.9 Å². The van der Waals surface area contributed by atoms with E-state index in [9.17, 15) is 4.39 Å². The summed E-state index contributed by atoms with van der Waals surface area (Å²) < 4.78 is 19.7. The van der Waals surface area contributed by atoms with Crippen LogP contribution in [0.3, 0.4) is 0 Å². The van der Waals surface area contributed by atoms with E-state index >= 15 is 0 Å². The third kappa shape index (κ3) is 2.26. The standard InChI is InChI=1S/C15H16FN3O/c16-12-7-2-8-18-14(12)13(19-17)11-6-1-4-10-5-3-9-20-15(10)11/h1-2,4,6-8,13,19H,3,5,9,17H2. The van der Waals surface area contributed by atoms with Crippen molar-refractivity contribution in [1.82, 2.24) is 10.4 Å². The molecule has 1 aliphatic heterocycles. The minimum absolute atomic E-state index is 0.276. The molecule has 1 aliphatic rings. The number of para-hydroxylation sites is 1. The van der Waals surface area contributed by atoms with Gasteiger partial charge in [-0.2, -0.15) is 0 Å². The van der Waals surface area contributed by atoms with Crippen LogP contribution < -0.4 is 16.0 Å². The van der Waals surface area contributed by atoms with Crippen molar-refractivity contribution in [3.8, 4) is 5.75 Å². The number of hydrogen-bond acceptors (Lipinski definition) is 4. The average Bonchev–Trinajstić information content (AvgIpc) is 2.50. The summed E-state index contributed by atoms with van der Waals surface area (Å²) >= 11 is 0. The zero-order valence-corrected chi connectivity index (χ0v) is 11.0. The van der Waals surface area contributed by atoms with Gasteiger partial charge in [-0.15, -0.1) is 0 Å². The molecule has 2 aromatic rings. The van der Waals surface area contributed by atoms with Crippen LogP contribution in [-0.4, -0.2) is 11.6 Å². The molecule has 0 spiro atoms. The molecule has 1 atom stereocenters. The summed E-state index contributed by atoms with van der Waals surface area (Å²) in [6.07, 6.45) is 3.51. The number of nitrogens with zero attached hydrogens (tertiary/aromatic N) is 1. The Morgan fingerprint density at radius 2 is 2.20 bits per heavy atom. The van der Waals surface area contributed by atoms with Gasteiger partial charge in [0.2, 0.25) is 0 Å². The molecule has 1 aromatic carbocycles. The number of hydrogen-bond donors (Lipinski definition) is 2. The number of aromatic nitrogens is 1. The molecule has 1 aromatic heterocycles. The first kappa shape index (κ1) is 13.0. The minimum Gasteiger partial charge on any atom is -0.493 e. The quantitative estimate of drug-likeness (QED) is 0.664. The minimum atomic E-state index is -0.524. The zero-order chi connectivity index (χ0) is 13.9. The maximum atomic E-state index is 13.9. The van der Waals surface area contributed by atoms with E-state index in [1.807, 2.05) is 18.2 Å². The number of benzene rings is 1. The Morgan fingerprint density at radius 3 is 3.00 bits per heavy atom. The normalized spacial score (nSPS) is 15.3. The SMILES string of the molecule is NNC(c1cccc2c1OCCC2)c1ncccc1F. The Hall–Kier alpha value is -1.98. The van der Waals surface area contributed by atoms with E-state index in [-0.39, 0.29) is 11.5 Å². The molecule has 104 valence electrons. The van der Waals surface area contributed by atoms with Crippen LogP contribution in [-0.2, 0) is 6.42 Å². The van der Waals surface area contributed by atoms with Gasteiger partial charge in [0.1, 0.15) is 11.6 Å². The number of rotatable bonds is 3. The van der Waals surface area contributed by atoms with E-state index in [2.05, 4.69) is 10.4 Å². The molecule has 4 nitrogen and oxygen atoms in total. The van der Waals surface area contributed by atoms with Crippen molar-refractivity contribution in [2.24, 2.45) is 5.84 Å². The Kier molecular flexibility index (Phi) is 3.62. The highest BCUT2D eigenvalue weighted by Gasteiger charge is 2.24. The van der Waals surface area contributed by atoms with Crippen molar-refractivity contribution in [2.75, 3.05) is 6.61 Å². The van der Waals surface area contributed by atoms with Crippen LogP contribution in [0.2, 0.25) is 0 Å². The topological polar surface area (TPSA) is 60.2 Å². The summed E-state index contributed by atoms with van der Waals surface area (Å²) in [5, 5.41) is 0. The molecular weight excluding hydrogens is 257 g/mol. The van der Waals surface area contributed by atoms with Crippen molar-refractivity contribution in [3.63, 3.8) is 0 Å². The molecule has 0 amide bonds. The Labute approximate surface area is 116 Å². The molecule has 2 heterocycles. The van der Waals surface area contributed by atoms with E-state index in [4.69, 9.17) is 10.6 Å². The van der Waals surface area contributed by atoms with Crippen LogP contribution in [0.25, 0.3) is 0 Å². The van der Waals surface area contributed by atoms with E-state index < -0.39 is 6.04 Å². The van der Waals surface area contributed by atoms with E-state index in [0.29, 0.717) is 6.61 Å². The van der Waals surface area contributed by atoms with E-state index in [1.165, 1.54) is 6.07 Å². The molecule has 3 N–H and O–H groups in total. The molecule has 0 saturated carbocycles. The van der Waals surface area contributed by atoms with Crippen molar-refractivity contribution >= 4 is 0 Å². The molecule has 0 aliphatic carbocycles. The van der Waals surface area contributed by atoms with Crippen LogP contribution in [0, 0.1) is 5.82 Å². The number of pyridine rings is 1. The number of halogens is 1. The highest BCUT2D eigenvalue weighted by molar-refractivity contribution is 5.47. The lowest BCUT2D eigenvalue weighted by molar-refractivity contribution is 0.282. The number of nitrogens with one attached hydrogen (secondary N) is 1. The summed E-state index contributed by atoms with van der Waals surface area (Å²) in [5.41, 5.74) is 4.87. The second kappa shape index (κ2) is 5.56. The third-order valence-electron chi connectivity index (χ3n) is 3.50. The number of ether oxygens (including phenoxy) is 1. The number of hydrazine groups is 1. The van der Waals surface area contributed by atoms with Crippen LogP contribution in [0.4, 0.5) is 4.39 Å². The van der Waals surface area contributed by atoms with Crippen molar-refractivity contribution < 1.29 is 9.13 Å². The first-order chi connectivity index (χ1) is 9.81. The Balaban J connectivity index is 2.09. The fourth-order valence-electron chi connectivity index (χ4n) is 2.57. The molecule has 5 heteroatoms. The second-order valence-corrected chi connectivity index (χ2v) is 4.76. The fraction of sp³-hybridized carbons (Fsp3) is 0.267. The molecule has 0 bridgehead atoms. The summed E-state index contributed by atoms with van der Waals surface area (Å²) in [7, 11) is 0. The first-order valence-electron chi connectivity index (χ1n) is 6.62. The van der Waals surface area contributed by atoms with Crippen LogP contribution in [0.5, 0.6) is 5.75 Å². The van der Waals surface area contributed by atoms with Crippen molar-refractivity contribution in [1.29, 1.82) is 0 Å². The van der Waals surface area contributed by atoms with Gasteiger partial charge in [0.25, 0.3) is 0 Å². The van der Waals surface area contributed by atoms with Gasteiger partial charge in [-0.25, -0.2) is 9.82 Å². The van der Waals surface area contributed by atoms with Gasteiger partial charge in [-0.05, 0) is 30.5 Å². The molecule has 0 fully saturated rings. The zero-order valence-electron chi connectivity index (χ0n) is 11.0.